The number of nitrogens with zero attached hydrogens (tertiary/aromatic N) is 4. The Morgan fingerprint density at radius 1 is 0.643 bits per heavy atom. The molecule has 4 rings (SSSR count). The molecule has 24 heteroatoms. The second-order valence-corrected chi connectivity index (χ2v) is 18.2. The monoisotopic (exact) mass is 840 g/mol. The van der Waals surface area contributed by atoms with Crippen LogP contribution < -0.4 is 11.5 Å². The van der Waals surface area contributed by atoms with Gasteiger partial charge in [0.25, 0.3) is 0 Å². The van der Waals surface area contributed by atoms with Crippen LogP contribution in [0.15, 0.2) is 0 Å². The van der Waals surface area contributed by atoms with Crippen molar-refractivity contribution in [3.8, 4) is 0 Å². The first-order valence-electron chi connectivity index (χ1n) is 18.3. The fraction of sp³-hybridized carbons (Fsp3) is 0.812. The van der Waals surface area contributed by atoms with E-state index in [0.717, 1.165) is 0 Å². The predicted octanol–water partition coefficient (Wildman–Crippen LogP) is 0.360. The fourth-order valence-corrected chi connectivity index (χ4v) is 8.24. The normalized spacial score (nSPS) is 22.8. The zero-order valence-corrected chi connectivity index (χ0v) is 33.5. The molecule has 4 N–H and O–H groups in total. The Kier molecular flexibility index (Phi) is 14.6. The number of hydroxylamine groups is 4. The van der Waals surface area contributed by atoms with E-state index < -0.39 is 91.6 Å². The summed E-state index contributed by atoms with van der Waals surface area (Å²) >= 11 is 0. The van der Waals surface area contributed by atoms with Gasteiger partial charge in [0.15, 0.2) is 0 Å². The largest absolute Gasteiger partial charge is 0.466 e. The minimum atomic E-state index is -4.64. The molecule has 6 amide bonds. The van der Waals surface area contributed by atoms with Gasteiger partial charge in [0, 0.05) is 25.9 Å². The lowest BCUT2D eigenvalue weighted by Gasteiger charge is -2.27. The molecule has 4 fully saturated rings. The van der Waals surface area contributed by atoms with Gasteiger partial charge in [-0.05, 0) is 62.2 Å². The number of piperidine rings is 2. The second-order valence-electron chi connectivity index (χ2n) is 15.8. The first-order valence-corrected chi connectivity index (χ1v) is 20.9. The molecule has 22 nitrogen and oxygen atoms in total. The Bertz CT molecular complexity index is 1600. The fourth-order valence-electron chi connectivity index (χ4n) is 6.46. The van der Waals surface area contributed by atoms with Crippen molar-refractivity contribution in [2.75, 3.05) is 39.5 Å². The maximum absolute atomic E-state index is 12.6. The zero-order chi connectivity index (χ0) is 41.6. The summed E-state index contributed by atoms with van der Waals surface area (Å²) in [7, 11) is -9.28. The van der Waals surface area contributed by atoms with E-state index in [2.05, 4.69) is 0 Å². The van der Waals surface area contributed by atoms with Gasteiger partial charge in [-0.25, -0.2) is 18.0 Å². The van der Waals surface area contributed by atoms with Crippen LogP contribution in [0.3, 0.4) is 0 Å². The van der Waals surface area contributed by atoms with Crippen molar-refractivity contribution in [1.29, 1.82) is 0 Å². The van der Waals surface area contributed by atoms with Crippen LogP contribution in [-0.4, -0.2) is 136 Å². The third-order valence-electron chi connectivity index (χ3n) is 9.93. The number of ether oxygens (including phenoxy) is 2. The predicted molar refractivity (Wildman–Crippen MR) is 189 cm³/mol. The van der Waals surface area contributed by atoms with Gasteiger partial charge < -0.3 is 30.7 Å². The molecular weight excluding hydrogens is 789 g/mol. The van der Waals surface area contributed by atoms with Gasteiger partial charge in [0.05, 0.1) is 38.5 Å². The van der Waals surface area contributed by atoms with Gasteiger partial charge in [-0.3, -0.25) is 19.2 Å². The number of amides is 6. The van der Waals surface area contributed by atoms with E-state index >= 15 is 0 Å². The Balaban J connectivity index is 1.04. The molecule has 4 heterocycles. The van der Waals surface area contributed by atoms with Crippen LogP contribution in [0.1, 0.15) is 91.9 Å². The number of carbonyl (C=O) groups is 6. The quantitative estimate of drug-likeness (QED) is 0.104. The summed E-state index contributed by atoms with van der Waals surface area (Å²) in [5.41, 5.74) is 9.12. The number of esters is 2. The molecule has 56 heavy (non-hydrogen) atoms. The zero-order valence-electron chi connectivity index (χ0n) is 31.9. The molecule has 318 valence electrons. The van der Waals surface area contributed by atoms with Crippen LogP contribution in [-0.2, 0) is 66.4 Å². The summed E-state index contributed by atoms with van der Waals surface area (Å²) in [6.45, 7) is 6.21. The van der Waals surface area contributed by atoms with Crippen molar-refractivity contribution in [3.63, 3.8) is 0 Å². The molecule has 4 aliphatic heterocycles. The van der Waals surface area contributed by atoms with Crippen molar-refractivity contribution in [1.82, 2.24) is 19.9 Å². The summed E-state index contributed by atoms with van der Waals surface area (Å²) in [5, 5.41) is 1.38. The molecule has 4 aliphatic rings. The number of fused-ring (bicyclic) bond motifs is 4. The van der Waals surface area contributed by atoms with E-state index in [4.69, 9.17) is 37.9 Å². The van der Waals surface area contributed by atoms with E-state index in [0.29, 0.717) is 35.8 Å². The topological polar surface area (TPSA) is 291 Å². The molecule has 0 spiro atoms. The highest BCUT2D eigenvalue weighted by Gasteiger charge is 2.50. The molecule has 4 saturated heterocycles. The van der Waals surface area contributed by atoms with Crippen molar-refractivity contribution < 1.29 is 72.0 Å². The number of rotatable bonds is 23. The standard InChI is InChI=1S/C32H52N6O16S2/c1-31(2,19-51-55(45,46)53-37-21-9-11-23(27(33)41)35(17-21)29(37)43)13-15-49-25(39)7-5-6-8-26(40)50-16-14-32(3,4)20-52-56(47,48)54-38-22-10-12-24(28(34)42)36(18-22)30(38)44/h21-24H,5-20H2,1-4H3,(H2,33,41)(H2,34,42)/t21-,22-,23+,24+/m1/s1. The van der Waals surface area contributed by atoms with Crippen LogP contribution in [0.5, 0.6) is 0 Å². The number of primary amides is 2. The molecule has 0 radical (unpaired) electrons. The summed E-state index contributed by atoms with van der Waals surface area (Å²) in [6.07, 6.45) is 2.41. The third kappa shape index (κ3) is 12.3. The van der Waals surface area contributed by atoms with Gasteiger partial charge in [-0.1, -0.05) is 27.7 Å². The van der Waals surface area contributed by atoms with Crippen molar-refractivity contribution in [3.05, 3.63) is 0 Å². The lowest BCUT2D eigenvalue weighted by atomic mass is 9.91. The van der Waals surface area contributed by atoms with Crippen molar-refractivity contribution in [2.45, 2.75) is 116 Å². The first-order chi connectivity index (χ1) is 26.0. The van der Waals surface area contributed by atoms with Crippen LogP contribution in [0.25, 0.3) is 0 Å². The maximum Gasteiger partial charge on any atom is 0.421 e. The smallest absolute Gasteiger partial charge is 0.421 e. The minimum Gasteiger partial charge on any atom is -0.466 e. The highest BCUT2D eigenvalue weighted by molar-refractivity contribution is 7.82. The van der Waals surface area contributed by atoms with Crippen LogP contribution >= 0.6 is 0 Å². The van der Waals surface area contributed by atoms with Gasteiger partial charge in [0.1, 0.15) is 12.1 Å². The Labute approximate surface area is 325 Å². The van der Waals surface area contributed by atoms with Crippen molar-refractivity contribution in [2.24, 2.45) is 22.3 Å². The van der Waals surface area contributed by atoms with Gasteiger partial charge >= 0.3 is 44.8 Å². The summed E-state index contributed by atoms with van der Waals surface area (Å²) in [5.74, 6) is -2.40. The number of unbranched alkanes of at least 4 members (excludes halogenated alkanes) is 1. The van der Waals surface area contributed by atoms with Gasteiger partial charge in [-0.15, -0.1) is 8.57 Å². The van der Waals surface area contributed by atoms with E-state index in [1.165, 1.54) is 9.80 Å². The number of carbonyl (C=O) groups excluding carboxylic acids is 6. The maximum atomic E-state index is 12.6. The average molecular weight is 841 g/mol. The minimum absolute atomic E-state index is 0.0273. The van der Waals surface area contributed by atoms with E-state index in [-0.39, 0.29) is 78.0 Å². The summed E-state index contributed by atoms with van der Waals surface area (Å²) in [4.78, 5) is 75.2. The Morgan fingerprint density at radius 3 is 1.34 bits per heavy atom. The lowest BCUT2D eigenvalue weighted by molar-refractivity contribution is -0.146. The number of urea groups is 2. The summed E-state index contributed by atoms with van der Waals surface area (Å²) < 4.78 is 80.4. The molecule has 0 aliphatic carbocycles. The Morgan fingerprint density at radius 2 is 1.00 bits per heavy atom. The highest BCUT2D eigenvalue weighted by atomic mass is 32.3. The Hall–Kier alpha value is -3.84. The molecule has 0 aromatic carbocycles. The average Bonchev–Trinajstić information content (AvgIpc) is 3.47. The number of hydrogen-bond donors (Lipinski definition) is 2. The molecule has 0 unspecified atom stereocenters. The molecule has 0 aromatic heterocycles. The first kappa shape index (κ1) is 44.9. The molecule has 0 saturated carbocycles. The van der Waals surface area contributed by atoms with E-state index in [1.54, 1.807) is 27.7 Å². The van der Waals surface area contributed by atoms with Gasteiger partial charge in [-0.2, -0.15) is 27.0 Å². The molecular formula is C32H52N6O16S2. The van der Waals surface area contributed by atoms with Gasteiger partial charge in [0.2, 0.25) is 11.8 Å². The summed E-state index contributed by atoms with van der Waals surface area (Å²) in [6, 6.07) is -4.41. The lowest BCUT2D eigenvalue weighted by Crippen LogP contribution is -2.47. The SMILES string of the molecule is CC(C)(CCOC(=O)CCCCC(=O)OCCC(C)(C)COS(=O)(=O)ON1C(=O)N2C[C@H]1CC[C@H]2C(N)=O)COS(=O)(=O)ON1C(=O)N2C[C@H]1CC[C@H]2C(N)=O. The number of nitrogens with two attached hydrogens (primary N) is 2. The van der Waals surface area contributed by atoms with Crippen LogP contribution in [0.2, 0.25) is 0 Å². The third-order valence-corrected chi connectivity index (χ3v) is 11.4. The van der Waals surface area contributed by atoms with Crippen molar-refractivity contribution >= 4 is 56.6 Å². The van der Waals surface area contributed by atoms with Crippen LogP contribution in [0.4, 0.5) is 9.59 Å². The van der Waals surface area contributed by atoms with E-state index in [9.17, 15) is 45.6 Å². The molecule has 4 atom stereocenters. The molecule has 4 bridgehead atoms. The second kappa shape index (κ2) is 18.2. The highest BCUT2D eigenvalue weighted by Crippen LogP contribution is 2.33. The molecule has 0 aromatic rings. The van der Waals surface area contributed by atoms with E-state index in [1.807, 2.05) is 0 Å². The van der Waals surface area contributed by atoms with Crippen LogP contribution in [0, 0.1) is 10.8 Å². The number of hydrogen-bond acceptors (Lipinski definition) is 16.